The first-order valence-electron chi connectivity index (χ1n) is 7.50. The van der Waals surface area contributed by atoms with Gasteiger partial charge >= 0.3 is 0 Å². The number of nitrogens with one attached hydrogen (secondary N) is 1. The number of rotatable bonds is 6. The summed E-state index contributed by atoms with van der Waals surface area (Å²) in [4.78, 5) is 4.06. The van der Waals surface area contributed by atoms with E-state index in [0.717, 1.165) is 18.8 Å². The van der Waals surface area contributed by atoms with Crippen molar-refractivity contribution in [3.63, 3.8) is 0 Å². The van der Waals surface area contributed by atoms with Gasteiger partial charge in [0, 0.05) is 36.9 Å². The van der Waals surface area contributed by atoms with Gasteiger partial charge < -0.3 is 9.88 Å². The van der Waals surface area contributed by atoms with E-state index in [1.165, 1.54) is 11.1 Å². The Bertz CT molecular complexity index is 697. The van der Waals surface area contributed by atoms with Crippen molar-refractivity contribution in [3.8, 4) is 5.69 Å². The van der Waals surface area contributed by atoms with Crippen LogP contribution in [0.2, 0.25) is 0 Å². The molecular formula is C17H21N5. The lowest BCUT2D eigenvalue weighted by Gasteiger charge is -2.14. The zero-order valence-electron chi connectivity index (χ0n) is 13.0. The van der Waals surface area contributed by atoms with Crippen LogP contribution in [-0.4, -0.2) is 25.4 Å². The number of benzene rings is 1. The predicted molar refractivity (Wildman–Crippen MR) is 86.8 cm³/mol. The summed E-state index contributed by atoms with van der Waals surface area (Å²) < 4.78 is 3.98. The van der Waals surface area contributed by atoms with Crippen LogP contribution in [0.3, 0.4) is 0 Å². The van der Waals surface area contributed by atoms with Crippen molar-refractivity contribution in [2.75, 3.05) is 0 Å². The van der Waals surface area contributed by atoms with Crippen LogP contribution in [0.5, 0.6) is 0 Å². The van der Waals surface area contributed by atoms with Crippen LogP contribution in [0.1, 0.15) is 18.1 Å². The highest BCUT2D eigenvalue weighted by Crippen LogP contribution is 2.09. The molecule has 3 aromatic rings. The molecule has 22 heavy (non-hydrogen) atoms. The largest absolute Gasteiger partial charge is 0.308 e. The SMILES string of the molecule is Cc1cnn(C[C@@H](C)NCc2ccc(-n3ccnc3)cc2)c1. The summed E-state index contributed by atoms with van der Waals surface area (Å²) in [6, 6.07) is 8.88. The summed E-state index contributed by atoms with van der Waals surface area (Å²) in [5.74, 6) is 0. The topological polar surface area (TPSA) is 47.7 Å². The summed E-state index contributed by atoms with van der Waals surface area (Å²) in [6.07, 6.45) is 9.50. The monoisotopic (exact) mass is 295 g/mol. The number of aromatic nitrogens is 4. The minimum Gasteiger partial charge on any atom is -0.308 e. The second-order valence-corrected chi connectivity index (χ2v) is 5.66. The van der Waals surface area contributed by atoms with Crippen LogP contribution in [0.25, 0.3) is 5.69 Å². The molecule has 0 fully saturated rings. The molecule has 5 nitrogen and oxygen atoms in total. The van der Waals surface area contributed by atoms with Gasteiger partial charge in [0.05, 0.1) is 19.1 Å². The third kappa shape index (κ3) is 3.62. The van der Waals surface area contributed by atoms with Crippen molar-refractivity contribution in [1.82, 2.24) is 24.6 Å². The molecule has 0 aliphatic rings. The van der Waals surface area contributed by atoms with Gasteiger partial charge in [0.2, 0.25) is 0 Å². The van der Waals surface area contributed by atoms with E-state index in [1.54, 1.807) is 12.5 Å². The maximum atomic E-state index is 4.32. The summed E-state index contributed by atoms with van der Waals surface area (Å²) in [5.41, 5.74) is 3.59. The minimum absolute atomic E-state index is 0.368. The van der Waals surface area contributed by atoms with Gasteiger partial charge in [-0.05, 0) is 37.1 Å². The van der Waals surface area contributed by atoms with Crippen LogP contribution in [-0.2, 0) is 13.1 Å². The number of hydrogen-bond donors (Lipinski definition) is 1. The molecule has 0 saturated carbocycles. The first-order chi connectivity index (χ1) is 10.7. The van der Waals surface area contributed by atoms with Crippen molar-refractivity contribution in [1.29, 1.82) is 0 Å². The Morgan fingerprint density at radius 3 is 2.68 bits per heavy atom. The molecular weight excluding hydrogens is 274 g/mol. The summed E-state index contributed by atoms with van der Waals surface area (Å²) in [5, 5.41) is 7.85. The smallest absolute Gasteiger partial charge is 0.0991 e. The zero-order valence-corrected chi connectivity index (χ0v) is 13.0. The van der Waals surface area contributed by atoms with Gasteiger partial charge in [-0.2, -0.15) is 5.10 Å². The average molecular weight is 295 g/mol. The maximum Gasteiger partial charge on any atom is 0.0991 e. The molecule has 1 aromatic carbocycles. The normalized spacial score (nSPS) is 12.5. The first-order valence-corrected chi connectivity index (χ1v) is 7.50. The van der Waals surface area contributed by atoms with E-state index in [9.17, 15) is 0 Å². The number of imidazole rings is 1. The van der Waals surface area contributed by atoms with E-state index in [2.05, 4.69) is 59.7 Å². The zero-order chi connectivity index (χ0) is 15.4. The number of nitrogens with zero attached hydrogens (tertiary/aromatic N) is 4. The minimum atomic E-state index is 0.368. The number of aryl methyl sites for hydroxylation is 1. The van der Waals surface area contributed by atoms with Gasteiger partial charge in [-0.3, -0.25) is 4.68 Å². The van der Waals surface area contributed by atoms with Gasteiger partial charge in [-0.1, -0.05) is 12.1 Å². The molecule has 1 atom stereocenters. The molecule has 2 aromatic heterocycles. The number of hydrogen-bond acceptors (Lipinski definition) is 3. The molecule has 0 bridgehead atoms. The molecule has 2 heterocycles. The lowest BCUT2D eigenvalue weighted by atomic mass is 10.2. The van der Waals surface area contributed by atoms with Gasteiger partial charge in [0.15, 0.2) is 0 Å². The summed E-state index contributed by atoms with van der Waals surface area (Å²) in [7, 11) is 0. The van der Waals surface area contributed by atoms with E-state index in [-0.39, 0.29) is 0 Å². The fourth-order valence-corrected chi connectivity index (χ4v) is 2.40. The van der Waals surface area contributed by atoms with Crippen LogP contribution >= 0.6 is 0 Å². The van der Waals surface area contributed by atoms with Gasteiger partial charge in [0.25, 0.3) is 0 Å². The summed E-state index contributed by atoms with van der Waals surface area (Å²) >= 11 is 0. The molecule has 0 unspecified atom stereocenters. The van der Waals surface area contributed by atoms with Crippen molar-refractivity contribution in [2.24, 2.45) is 0 Å². The van der Waals surface area contributed by atoms with Crippen molar-refractivity contribution >= 4 is 0 Å². The Balaban J connectivity index is 1.53. The molecule has 0 saturated heterocycles. The van der Waals surface area contributed by atoms with Crippen LogP contribution in [0.15, 0.2) is 55.4 Å². The molecule has 5 heteroatoms. The van der Waals surface area contributed by atoms with Gasteiger partial charge in [-0.25, -0.2) is 4.98 Å². The maximum absolute atomic E-state index is 4.32. The summed E-state index contributed by atoms with van der Waals surface area (Å²) in [6.45, 7) is 5.97. The predicted octanol–water partition coefficient (Wildman–Crippen LogP) is 2.56. The molecule has 114 valence electrons. The van der Waals surface area contributed by atoms with E-state index in [4.69, 9.17) is 0 Å². The molecule has 0 aliphatic heterocycles. The molecule has 3 rings (SSSR count). The average Bonchev–Trinajstić information content (AvgIpc) is 3.18. The van der Waals surface area contributed by atoms with Crippen molar-refractivity contribution in [3.05, 3.63) is 66.5 Å². The van der Waals surface area contributed by atoms with Crippen molar-refractivity contribution < 1.29 is 0 Å². The fraction of sp³-hybridized carbons (Fsp3) is 0.294. The Hall–Kier alpha value is -2.40. The highest BCUT2D eigenvalue weighted by atomic mass is 15.3. The second-order valence-electron chi connectivity index (χ2n) is 5.66. The third-order valence-corrected chi connectivity index (χ3v) is 3.62. The molecule has 1 N–H and O–H groups in total. The highest BCUT2D eigenvalue weighted by molar-refractivity contribution is 5.34. The molecule has 0 radical (unpaired) electrons. The van der Waals surface area contributed by atoms with E-state index < -0.39 is 0 Å². The quantitative estimate of drug-likeness (QED) is 0.760. The molecule has 0 spiro atoms. The second kappa shape index (κ2) is 6.58. The molecule has 0 aliphatic carbocycles. The molecule has 0 amide bonds. The highest BCUT2D eigenvalue weighted by Gasteiger charge is 2.04. The van der Waals surface area contributed by atoms with Gasteiger partial charge in [0.1, 0.15) is 0 Å². The van der Waals surface area contributed by atoms with Crippen LogP contribution in [0.4, 0.5) is 0 Å². The Morgan fingerprint density at radius 1 is 1.23 bits per heavy atom. The van der Waals surface area contributed by atoms with E-state index >= 15 is 0 Å². The van der Waals surface area contributed by atoms with Crippen molar-refractivity contribution in [2.45, 2.75) is 33.0 Å². The van der Waals surface area contributed by atoms with Gasteiger partial charge in [-0.15, -0.1) is 0 Å². The first kappa shape index (κ1) is 14.5. The van der Waals surface area contributed by atoms with E-state index in [1.807, 2.05) is 21.6 Å². The lowest BCUT2D eigenvalue weighted by Crippen LogP contribution is -2.30. The van der Waals surface area contributed by atoms with E-state index in [0.29, 0.717) is 6.04 Å². The van der Waals surface area contributed by atoms with Crippen LogP contribution < -0.4 is 5.32 Å². The Labute approximate surface area is 130 Å². The third-order valence-electron chi connectivity index (χ3n) is 3.62. The Kier molecular flexibility index (Phi) is 4.34. The lowest BCUT2D eigenvalue weighted by molar-refractivity contribution is 0.450. The fourth-order valence-electron chi connectivity index (χ4n) is 2.40. The Morgan fingerprint density at radius 2 is 2.05 bits per heavy atom. The standard InChI is InChI=1S/C17H21N5/c1-14-9-20-22(11-14)12-15(2)19-10-16-3-5-17(6-4-16)21-8-7-18-13-21/h3-9,11,13,15,19H,10,12H2,1-2H3/t15-/m1/s1. The van der Waals surface area contributed by atoms with Crippen LogP contribution in [0, 0.1) is 6.92 Å².